The maximum atomic E-state index is 5.47. The molecule has 0 fully saturated rings. The Morgan fingerprint density at radius 1 is 0.410 bits per heavy atom. The number of nitrogens with zero attached hydrogens (tertiary/aromatic N) is 3. The van der Waals surface area contributed by atoms with E-state index in [-0.39, 0.29) is 6.71 Å². The monoisotopic (exact) mass is 773 g/mol. The molecule has 1 aliphatic heterocycles. The van der Waals surface area contributed by atoms with Crippen molar-refractivity contribution >= 4 is 72.1 Å². The molecular formula is C57H36BN3. The molecule has 4 heterocycles. The van der Waals surface area contributed by atoms with Crippen LogP contribution >= 0.6 is 0 Å². The van der Waals surface area contributed by atoms with Gasteiger partial charge in [-0.15, -0.1) is 0 Å². The lowest BCUT2D eigenvalue weighted by Crippen LogP contribution is -2.48. The number of aromatic nitrogens is 3. The maximum Gasteiger partial charge on any atom is 0.242 e. The van der Waals surface area contributed by atoms with Gasteiger partial charge in [-0.1, -0.05) is 174 Å². The number of benzene rings is 9. The summed E-state index contributed by atoms with van der Waals surface area (Å²) in [5.41, 5.74) is 17.7. The van der Waals surface area contributed by atoms with Gasteiger partial charge in [-0.05, 0) is 98.4 Å². The minimum atomic E-state index is 0.0981. The first-order valence-electron chi connectivity index (χ1n) is 21.1. The lowest BCUT2D eigenvalue weighted by atomic mass is 9.39. The van der Waals surface area contributed by atoms with Crippen LogP contribution < -0.4 is 16.4 Å². The van der Waals surface area contributed by atoms with Crippen LogP contribution in [-0.2, 0) is 0 Å². The molecule has 0 amide bonds. The normalized spacial score (nSPS) is 12.2. The Bertz CT molecular complexity index is 3710. The minimum Gasteiger partial charge on any atom is -0.309 e. The van der Waals surface area contributed by atoms with Gasteiger partial charge in [0, 0.05) is 33.8 Å². The molecule has 0 atom stereocenters. The van der Waals surface area contributed by atoms with Gasteiger partial charge in [0.05, 0.1) is 22.4 Å². The van der Waals surface area contributed by atoms with Crippen molar-refractivity contribution in [3.05, 3.63) is 219 Å². The average Bonchev–Trinajstić information content (AvgIpc) is 3.99. The zero-order valence-corrected chi connectivity index (χ0v) is 33.2. The number of pyridine rings is 1. The second-order valence-corrected chi connectivity index (χ2v) is 16.3. The van der Waals surface area contributed by atoms with Crippen LogP contribution in [-0.4, -0.2) is 20.7 Å². The van der Waals surface area contributed by atoms with Crippen molar-refractivity contribution < 1.29 is 0 Å². The molecule has 61 heavy (non-hydrogen) atoms. The van der Waals surface area contributed by atoms with E-state index in [9.17, 15) is 0 Å². The van der Waals surface area contributed by atoms with Crippen LogP contribution in [0.3, 0.4) is 0 Å². The van der Waals surface area contributed by atoms with Crippen LogP contribution in [0.5, 0.6) is 0 Å². The van der Waals surface area contributed by atoms with E-state index in [2.05, 4.69) is 227 Å². The molecule has 0 radical (unpaired) electrons. The van der Waals surface area contributed by atoms with Gasteiger partial charge < -0.3 is 4.57 Å². The van der Waals surface area contributed by atoms with E-state index in [0.29, 0.717) is 0 Å². The van der Waals surface area contributed by atoms with Crippen molar-refractivity contribution in [1.29, 1.82) is 0 Å². The first-order valence-corrected chi connectivity index (χ1v) is 21.1. The Morgan fingerprint density at radius 2 is 1.11 bits per heavy atom. The SMILES string of the molecule is c1ccc(B2c3ccc(-c4ccc5c(c4)c4ccccc4n5-c4ccccc4)cc3-c3c2cccc3-c2nc3ccccn3c2-c2ccc3c(ccc4ccccc43)c2)cc1. The van der Waals surface area contributed by atoms with E-state index in [1.54, 1.807) is 0 Å². The third kappa shape index (κ3) is 5.16. The summed E-state index contributed by atoms with van der Waals surface area (Å²) in [6.45, 7) is 0.0981. The molecule has 0 N–H and O–H groups in total. The molecule has 0 aliphatic carbocycles. The van der Waals surface area contributed by atoms with Crippen LogP contribution in [0, 0.1) is 0 Å². The smallest absolute Gasteiger partial charge is 0.242 e. The Kier molecular flexibility index (Phi) is 7.40. The number of hydrogen-bond donors (Lipinski definition) is 0. The molecular weight excluding hydrogens is 737 g/mol. The number of fused-ring (bicyclic) bond motifs is 10. The molecule has 1 aliphatic rings. The fourth-order valence-electron chi connectivity index (χ4n) is 10.3. The highest BCUT2D eigenvalue weighted by Crippen LogP contribution is 2.42. The van der Waals surface area contributed by atoms with Gasteiger partial charge in [0.25, 0.3) is 0 Å². The van der Waals surface area contributed by atoms with E-state index < -0.39 is 0 Å². The van der Waals surface area contributed by atoms with Crippen molar-refractivity contribution in [2.45, 2.75) is 0 Å². The first kappa shape index (κ1) is 34.0. The van der Waals surface area contributed by atoms with Gasteiger partial charge in [-0.2, -0.15) is 0 Å². The van der Waals surface area contributed by atoms with E-state index in [1.807, 2.05) is 0 Å². The Labute approximate surface area is 353 Å². The van der Waals surface area contributed by atoms with Gasteiger partial charge in [0.15, 0.2) is 0 Å². The molecule has 0 bridgehead atoms. The Hall–Kier alpha value is -7.95. The highest BCUT2D eigenvalue weighted by atomic mass is 15.0. The maximum absolute atomic E-state index is 5.47. The number of hydrogen-bond acceptors (Lipinski definition) is 1. The molecule has 12 aromatic rings. The fourth-order valence-corrected chi connectivity index (χ4v) is 10.3. The molecule has 0 unspecified atom stereocenters. The summed E-state index contributed by atoms with van der Waals surface area (Å²) in [6, 6.07) is 77.8. The molecule has 13 rings (SSSR count). The summed E-state index contributed by atoms with van der Waals surface area (Å²) in [6.07, 6.45) is 2.15. The topological polar surface area (TPSA) is 22.2 Å². The predicted octanol–water partition coefficient (Wildman–Crippen LogP) is 12.2. The van der Waals surface area contributed by atoms with Crippen LogP contribution in [0.25, 0.3) is 99.5 Å². The van der Waals surface area contributed by atoms with E-state index in [0.717, 1.165) is 28.2 Å². The van der Waals surface area contributed by atoms with Crippen LogP contribution in [0.1, 0.15) is 0 Å². The van der Waals surface area contributed by atoms with Gasteiger partial charge >= 0.3 is 0 Å². The summed E-state index contributed by atoms with van der Waals surface area (Å²) < 4.78 is 4.65. The van der Waals surface area contributed by atoms with E-state index in [1.165, 1.54) is 87.7 Å². The minimum absolute atomic E-state index is 0.0981. The van der Waals surface area contributed by atoms with Crippen LogP contribution in [0.2, 0.25) is 0 Å². The molecule has 3 aromatic heterocycles. The van der Waals surface area contributed by atoms with Gasteiger partial charge in [-0.25, -0.2) is 4.98 Å². The third-order valence-corrected chi connectivity index (χ3v) is 13.0. The van der Waals surface area contributed by atoms with E-state index in [4.69, 9.17) is 4.98 Å². The molecule has 0 saturated carbocycles. The summed E-state index contributed by atoms with van der Waals surface area (Å²) in [7, 11) is 0. The lowest BCUT2D eigenvalue weighted by molar-refractivity contribution is 1.18. The van der Waals surface area contributed by atoms with Crippen LogP contribution in [0.15, 0.2) is 219 Å². The largest absolute Gasteiger partial charge is 0.309 e. The van der Waals surface area contributed by atoms with Gasteiger partial charge in [0.1, 0.15) is 5.65 Å². The zero-order chi connectivity index (χ0) is 40.0. The summed E-state index contributed by atoms with van der Waals surface area (Å²) >= 11 is 0. The predicted molar refractivity (Wildman–Crippen MR) is 257 cm³/mol. The zero-order valence-electron chi connectivity index (χ0n) is 33.2. The highest BCUT2D eigenvalue weighted by molar-refractivity contribution is 6.99. The molecule has 4 heteroatoms. The Balaban J connectivity index is 1.03. The fraction of sp³-hybridized carbons (Fsp3) is 0. The van der Waals surface area contributed by atoms with Crippen molar-refractivity contribution in [3.8, 4) is 50.5 Å². The summed E-state index contributed by atoms with van der Waals surface area (Å²) in [5.74, 6) is 0. The number of imidazole rings is 1. The van der Waals surface area contributed by atoms with Crippen molar-refractivity contribution in [2.75, 3.05) is 0 Å². The van der Waals surface area contributed by atoms with E-state index >= 15 is 0 Å². The number of rotatable bonds is 5. The molecule has 9 aromatic carbocycles. The first-order chi connectivity index (χ1) is 30.3. The van der Waals surface area contributed by atoms with Gasteiger partial charge in [-0.3, -0.25) is 4.40 Å². The third-order valence-electron chi connectivity index (χ3n) is 13.0. The number of para-hydroxylation sites is 2. The summed E-state index contributed by atoms with van der Waals surface area (Å²) in [5, 5.41) is 7.50. The highest BCUT2D eigenvalue weighted by Gasteiger charge is 2.36. The second kappa shape index (κ2) is 13.3. The second-order valence-electron chi connectivity index (χ2n) is 16.3. The molecule has 282 valence electrons. The Morgan fingerprint density at radius 3 is 2.02 bits per heavy atom. The van der Waals surface area contributed by atoms with Gasteiger partial charge in [0.2, 0.25) is 6.71 Å². The average molecular weight is 774 g/mol. The molecule has 0 saturated heterocycles. The van der Waals surface area contributed by atoms with Crippen molar-refractivity contribution in [3.63, 3.8) is 0 Å². The van der Waals surface area contributed by atoms with Crippen molar-refractivity contribution in [2.24, 2.45) is 0 Å². The molecule has 3 nitrogen and oxygen atoms in total. The summed E-state index contributed by atoms with van der Waals surface area (Å²) in [4.78, 5) is 5.47. The lowest BCUT2D eigenvalue weighted by Gasteiger charge is -2.14. The quantitative estimate of drug-likeness (QED) is 0.126. The molecule has 0 spiro atoms. The van der Waals surface area contributed by atoms with Crippen molar-refractivity contribution in [1.82, 2.24) is 14.0 Å². The standard InChI is InChI=1S/C57H36BN3/c1-3-15-42(16-4-1)58-50-31-28-38(39-29-32-53-48(35-39)46-20-9-10-23-52(46)61(53)43-17-5-2-6-18-43)36-49(50)55-47(21-13-22-51(55)58)56-57(60-33-12-11-24-54(60)59-56)41-27-30-45-40(34-41)26-25-37-14-7-8-19-44(37)45/h1-36H. The van der Waals surface area contributed by atoms with Crippen LogP contribution in [0.4, 0.5) is 0 Å².